The molecule has 1 fully saturated rings. The van der Waals surface area contributed by atoms with Crippen LogP contribution in [0.25, 0.3) is 0 Å². The van der Waals surface area contributed by atoms with Crippen LogP contribution in [0.5, 0.6) is 0 Å². The van der Waals surface area contributed by atoms with E-state index < -0.39 is 15.9 Å². The molecule has 1 aromatic rings. The smallest absolute Gasteiger partial charge is 0.319 e. The number of rotatable bonds is 4. The molecule has 1 heterocycles. The first-order chi connectivity index (χ1) is 11.2. The number of carbonyl (C=O) groups is 2. The lowest BCUT2D eigenvalue weighted by atomic mass is 10.1. The van der Waals surface area contributed by atoms with Crippen LogP contribution in [-0.2, 0) is 9.84 Å². The lowest BCUT2D eigenvalue weighted by Gasteiger charge is -2.24. The van der Waals surface area contributed by atoms with Gasteiger partial charge in [-0.15, -0.1) is 0 Å². The number of carbonyl (C=O) groups excluding carboxylic acids is 2. The first-order valence-corrected chi connectivity index (χ1v) is 9.66. The summed E-state index contributed by atoms with van der Waals surface area (Å²) in [6.07, 6.45) is 0.438. The molecule has 0 aromatic heterocycles. The van der Waals surface area contributed by atoms with Gasteiger partial charge in [0.25, 0.3) is 5.91 Å². The molecule has 0 unspecified atom stereocenters. The second kappa shape index (κ2) is 7.21. The second-order valence-corrected chi connectivity index (χ2v) is 8.50. The molecule has 0 aliphatic carbocycles. The highest BCUT2D eigenvalue weighted by molar-refractivity contribution is 7.91. The number of sulfone groups is 1. The molecule has 1 saturated heterocycles. The molecule has 2 rings (SSSR count). The van der Waals surface area contributed by atoms with Gasteiger partial charge in [-0.3, -0.25) is 4.79 Å². The molecule has 1 atom stereocenters. The van der Waals surface area contributed by atoms with E-state index in [-0.39, 0.29) is 29.5 Å². The van der Waals surface area contributed by atoms with Crippen LogP contribution in [0.2, 0.25) is 0 Å². The van der Waals surface area contributed by atoms with Gasteiger partial charge in [0.05, 0.1) is 22.8 Å². The molecule has 0 saturated carbocycles. The van der Waals surface area contributed by atoms with Gasteiger partial charge >= 0.3 is 6.03 Å². The van der Waals surface area contributed by atoms with Gasteiger partial charge < -0.3 is 15.5 Å². The van der Waals surface area contributed by atoms with Crippen molar-refractivity contribution in [1.29, 1.82) is 0 Å². The molecule has 1 aliphatic rings. The van der Waals surface area contributed by atoms with Gasteiger partial charge in [-0.25, -0.2) is 13.2 Å². The lowest BCUT2D eigenvalue weighted by Crippen LogP contribution is -2.39. The molecule has 8 heteroatoms. The van der Waals surface area contributed by atoms with Gasteiger partial charge in [0, 0.05) is 19.1 Å². The molecule has 2 N–H and O–H groups in total. The van der Waals surface area contributed by atoms with E-state index in [0.717, 1.165) is 0 Å². The number of urea groups is 1. The van der Waals surface area contributed by atoms with Gasteiger partial charge in [-0.2, -0.15) is 0 Å². The molecule has 0 radical (unpaired) electrons. The third-order valence-electron chi connectivity index (χ3n) is 3.90. The van der Waals surface area contributed by atoms with Crippen molar-refractivity contribution in [3.05, 3.63) is 29.8 Å². The Bertz CT molecular complexity index is 731. The normalized spacial score (nSPS) is 19.1. The van der Waals surface area contributed by atoms with Crippen molar-refractivity contribution < 1.29 is 18.0 Å². The zero-order valence-corrected chi connectivity index (χ0v) is 14.9. The Morgan fingerprint density at radius 3 is 2.50 bits per heavy atom. The highest BCUT2D eigenvalue weighted by atomic mass is 32.2. The zero-order valence-electron chi connectivity index (χ0n) is 14.1. The SMILES string of the molecule is CC(C)NC(=O)Nc1ccccc1C(=O)N(C)[C@@H]1CCS(=O)(=O)C1. The van der Waals surface area contributed by atoms with Crippen LogP contribution in [0.3, 0.4) is 0 Å². The molecule has 3 amide bonds. The molecule has 1 aromatic carbocycles. The number of nitrogens with zero attached hydrogens (tertiary/aromatic N) is 1. The molecular formula is C16H23N3O4S. The van der Waals surface area contributed by atoms with E-state index in [1.54, 1.807) is 31.3 Å². The Balaban J connectivity index is 2.16. The summed E-state index contributed by atoms with van der Waals surface area (Å²) in [5.74, 6) is -0.220. The molecule has 0 spiro atoms. The van der Waals surface area contributed by atoms with Crippen molar-refractivity contribution in [1.82, 2.24) is 10.2 Å². The predicted molar refractivity (Wildman–Crippen MR) is 92.9 cm³/mol. The second-order valence-electron chi connectivity index (χ2n) is 6.27. The zero-order chi connectivity index (χ0) is 17.9. The maximum absolute atomic E-state index is 12.7. The number of hydrogen-bond acceptors (Lipinski definition) is 4. The van der Waals surface area contributed by atoms with Crippen molar-refractivity contribution in [2.45, 2.75) is 32.4 Å². The third-order valence-corrected chi connectivity index (χ3v) is 5.65. The van der Waals surface area contributed by atoms with Gasteiger partial charge in [0.2, 0.25) is 0 Å². The largest absolute Gasteiger partial charge is 0.338 e. The Morgan fingerprint density at radius 1 is 1.25 bits per heavy atom. The van der Waals surface area contributed by atoms with Gasteiger partial charge in [0.15, 0.2) is 9.84 Å². The predicted octanol–water partition coefficient (Wildman–Crippen LogP) is 1.48. The van der Waals surface area contributed by atoms with Crippen LogP contribution < -0.4 is 10.6 Å². The molecule has 0 bridgehead atoms. The Kier molecular flexibility index (Phi) is 5.48. The summed E-state index contributed by atoms with van der Waals surface area (Å²) in [6.45, 7) is 3.68. The van der Waals surface area contributed by atoms with Crippen LogP contribution in [-0.4, -0.2) is 55.9 Å². The number of para-hydroxylation sites is 1. The molecule has 24 heavy (non-hydrogen) atoms. The fourth-order valence-electron chi connectivity index (χ4n) is 2.64. The standard InChI is InChI=1S/C16H23N3O4S/c1-11(2)17-16(21)18-14-7-5-4-6-13(14)15(20)19(3)12-8-9-24(22,23)10-12/h4-7,11-12H,8-10H2,1-3H3,(H2,17,18,21)/t12-/m1/s1. The summed E-state index contributed by atoms with van der Waals surface area (Å²) < 4.78 is 23.2. The van der Waals surface area contributed by atoms with Crippen molar-refractivity contribution in [3.8, 4) is 0 Å². The minimum atomic E-state index is -3.07. The highest BCUT2D eigenvalue weighted by Gasteiger charge is 2.33. The van der Waals surface area contributed by atoms with E-state index in [1.165, 1.54) is 4.90 Å². The number of hydrogen-bond donors (Lipinski definition) is 2. The van der Waals surface area contributed by atoms with Crippen LogP contribution in [0.4, 0.5) is 10.5 Å². The molecule has 7 nitrogen and oxygen atoms in total. The van der Waals surface area contributed by atoms with Crippen LogP contribution in [0.15, 0.2) is 24.3 Å². The Hall–Kier alpha value is -2.09. The van der Waals surface area contributed by atoms with Crippen molar-refractivity contribution >= 4 is 27.5 Å². The molecular weight excluding hydrogens is 330 g/mol. The van der Waals surface area contributed by atoms with E-state index in [2.05, 4.69) is 10.6 Å². The van der Waals surface area contributed by atoms with Crippen molar-refractivity contribution in [3.63, 3.8) is 0 Å². The van der Waals surface area contributed by atoms with E-state index in [0.29, 0.717) is 17.7 Å². The lowest BCUT2D eigenvalue weighted by molar-refractivity contribution is 0.0748. The minimum Gasteiger partial charge on any atom is -0.338 e. The van der Waals surface area contributed by atoms with Crippen LogP contribution in [0.1, 0.15) is 30.6 Å². The maximum Gasteiger partial charge on any atom is 0.319 e. The van der Waals surface area contributed by atoms with Crippen LogP contribution >= 0.6 is 0 Å². The topological polar surface area (TPSA) is 95.6 Å². The number of nitrogens with one attached hydrogen (secondary N) is 2. The van der Waals surface area contributed by atoms with Crippen LogP contribution in [0, 0.1) is 0 Å². The van der Waals surface area contributed by atoms with E-state index in [9.17, 15) is 18.0 Å². The Morgan fingerprint density at radius 2 is 1.92 bits per heavy atom. The first-order valence-electron chi connectivity index (χ1n) is 7.84. The van der Waals surface area contributed by atoms with E-state index in [4.69, 9.17) is 0 Å². The summed E-state index contributed by atoms with van der Waals surface area (Å²) in [4.78, 5) is 26.1. The summed E-state index contributed by atoms with van der Waals surface area (Å²) in [6, 6.07) is 5.94. The number of benzene rings is 1. The fraction of sp³-hybridized carbons (Fsp3) is 0.500. The van der Waals surface area contributed by atoms with E-state index in [1.807, 2.05) is 13.8 Å². The molecule has 1 aliphatic heterocycles. The van der Waals surface area contributed by atoms with Gasteiger partial charge in [0.1, 0.15) is 0 Å². The highest BCUT2D eigenvalue weighted by Crippen LogP contribution is 2.22. The quantitative estimate of drug-likeness (QED) is 0.857. The van der Waals surface area contributed by atoms with Crippen molar-refractivity contribution in [2.75, 3.05) is 23.9 Å². The monoisotopic (exact) mass is 353 g/mol. The first kappa shape index (κ1) is 18.3. The van der Waals surface area contributed by atoms with Crippen molar-refractivity contribution in [2.24, 2.45) is 0 Å². The average molecular weight is 353 g/mol. The molecule has 132 valence electrons. The summed E-state index contributed by atoms with van der Waals surface area (Å²) >= 11 is 0. The van der Waals surface area contributed by atoms with Gasteiger partial charge in [-0.05, 0) is 32.4 Å². The summed E-state index contributed by atoms with van der Waals surface area (Å²) in [5.41, 5.74) is 0.733. The number of amides is 3. The number of anilines is 1. The van der Waals surface area contributed by atoms with E-state index >= 15 is 0 Å². The maximum atomic E-state index is 12.7. The Labute approximate surface area is 142 Å². The third kappa shape index (κ3) is 4.47. The average Bonchev–Trinajstić information content (AvgIpc) is 2.85. The summed E-state index contributed by atoms with van der Waals surface area (Å²) in [7, 11) is -1.48. The minimum absolute atomic E-state index is 0.0152. The fourth-order valence-corrected chi connectivity index (χ4v) is 4.41. The van der Waals surface area contributed by atoms with Gasteiger partial charge in [-0.1, -0.05) is 12.1 Å². The summed E-state index contributed by atoms with van der Waals surface area (Å²) in [5, 5.41) is 5.37.